The summed E-state index contributed by atoms with van der Waals surface area (Å²) in [6.45, 7) is -4.53. The van der Waals surface area contributed by atoms with Crippen LogP contribution >= 0.6 is 0 Å². The van der Waals surface area contributed by atoms with E-state index in [-0.39, 0.29) is 24.5 Å². The molecular weight excluding hydrogens is 463 g/mol. The number of aliphatic hydroxyl groups is 1. The topological polar surface area (TPSA) is 97.1 Å². The van der Waals surface area contributed by atoms with Crippen molar-refractivity contribution in [1.82, 2.24) is 5.32 Å². The van der Waals surface area contributed by atoms with Crippen LogP contribution in [0.1, 0.15) is 40.3 Å². The first-order valence-electron chi connectivity index (χ1n) is 13.2. The number of rotatable bonds is 13. The minimum Gasteiger partial charge on any atom is -0.488 e. The van der Waals surface area contributed by atoms with E-state index in [0.29, 0.717) is 37.1 Å². The van der Waals surface area contributed by atoms with Gasteiger partial charge >= 0.3 is 6.18 Å². The van der Waals surface area contributed by atoms with Crippen molar-refractivity contribution in [2.75, 3.05) is 44.3 Å². The molecule has 2 aromatic carbocycles. The molecule has 0 aromatic heterocycles. The van der Waals surface area contributed by atoms with E-state index in [1.54, 1.807) is 13.0 Å². The molecule has 192 valence electrons. The number of ether oxygens (including phenoxy) is 2. The monoisotopic (exact) mass is 499 g/mol. The number of benzene rings is 2. The molecule has 1 aliphatic rings. The average molecular weight is 500 g/mol. The Morgan fingerprint density at radius 3 is 2.66 bits per heavy atom. The van der Waals surface area contributed by atoms with Gasteiger partial charge in [-0.3, -0.25) is 4.79 Å². The van der Waals surface area contributed by atoms with Gasteiger partial charge in [0.05, 0.1) is 14.0 Å². The molecule has 0 spiro atoms. The van der Waals surface area contributed by atoms with Crippen molar-refractivity contribution < 1.29 is 38.0 Å². The van der Waals surface area contributed by atoms with Gasteiger partial charge in [0, 0.05) is 35.0 Å². The molecular formula is C25H32F3N3O4. The Kier molecular flexibility index (Phi) is 7.38. The normalized spacial score (nSPS) is 16.5. The molecule has 1 aliphatic heterocycles. The maximum atomic E-state index is 12.6. The first-order valence-corrected chi connectivity index (χ1v) is 11.2. The molecule has 4 N–H and O–H groups in total. The molecule has 0 radical (unpaired) electrons. The van der Waals surface area contributed by atoms with E-state index in [2.05, 4.69) is 5.32 Å². The highest BCUT2D eigenvalue weighted by Gasteiger charge is 2.29. The van der Waals surface area contributed by atoms with Gasteiger partial charge in [0.15, 0.2) is 18.1 Å². The molecule has 0 bridgehead atoms. The number of amides is 1. The Morgan fingerprint density at radius 1 is 1.29 bits per heavy atom. The van der Waals surface area contributed by atoms with Crippen molar-refractivity contribution in [3.63, 3.8) is 0 Å². The maximum absolute atomic E-state index is 12.6. The third kappa shape index (κ3) is 7.76. The number of nitrogens with two attached hydrogens (primary N) is 1. The number of primary amides is 1. The van der Waals surface area contributed by atoms with Gasteiger partial charge in [-0.05, 0) is 55.5 Å². The fourth-order valence-electron chi connectivity index (χ4n) is 3.93. The summed E-state index contributed by atoms with van der Waals surface area (Å²) in [4.78, 5) is 14.2. The number of carbonyl (C=O) groups excluding carboxylic acids is 1. The summed E-state index contributed by atoms with van der Waals surface area (Å²) in [5.41, 5.74) is 8.28. The lowest BCUT2D eigenvalue weighted by Gasteiger charge is -2.22. The number of carbonyl (C=O) groups is 1. The minimum atomic E-state index is -4.62. The van der Waals surface area contributed by atoms with Crippen molar-refractivity contribution in [3.8, 4) is 11.5 Å². The maximum Gasteiger partial charge on any atom is 0.422 e. The van der Waals surface area contributed by atoms with E-state index in [4.69, 9.17) is 25.8 Å². The van der Waals surface area contributed by atoms with Crippen molar-refractivity contribution in [3.05, 3.63) is 53.1 Å². The van der Waals surface area contributed by atoms with E-state index in [9.17, 15) is 18.0 Å². The number of aliphatic hydroxyl groups excluding tert-OH is 1. The van der Waals surface area contributed by atoms with Gasteiger partial charge in [0.25, 0.3) is 5.91 Å². The predicted molar refractivity (Wildman–Crippen MR) is 127 cm³/mol. The van der Waals surface area contributed by atoms with Gasteiger partial charge in [-0.25, -0.2) is 0 Å². The minimum absolute atomic E-state index is 0.0182. The third-order valence-corrected chi connectivity index (χ3v) is 5.38. The number of hydrogen-bond donors (Lipinski definition) is 3. The van der Waals surface area contributed by atoms with Gasteiger partial charge in [-0.15, -0.1) is 0 Å². The fraction of sp³-hybridized carbons (Fsp3) is 0.480. The Labute approximate surface area is 208 Å². The highest BCUT2D eigenvalue weighted by atomic mass is 19.4. The summed E-state index contributed by atoms with van der Waals surface area (Å²) < 4.78 is 80.7. The molecule has 0 saturated heterocycles. The molecule has 10 heteroatoms. The number of nitrogens with one attached hydrogen (secondary N) is 1. The van der Waals surface area contributed by atoms with Crippen LogP contribution in [0.4, 0.5) is 18.9 Å². The molecule has 3 rings (SSSR count). The van der Waals surface area contributed by atoms with Gasteiger partial charge in [0.2, 0.25) is 0 Å². The van der Waals surface area contributed by atoms with Gasteiger partial charge < -0.3 is 30.5 Å². The first-order chi connectivity index (χ1) is 18.1. The second-order valence-electron chi connectivity index (χ2n) is 8.26. The predicted octanol–water partition coefficient (Wildman–Crippen LogP) is 3.07. The van der Waals surface area contributed by atoms with E-state index >= 15 is 0 Å². The van der Waals surface area contributed by atoms with Crippen molar-refractivity contribution in [2.24, 2.45) is 5.73 Å². The standard InChI is InChI=1S/C25H32F3N3O4/c1-17(30-8-12-34-21-5-2-3-6-22(21)35-16-25(26,27)28)13-18-14-19-7-10-31(9-4-11-32)23(19)20(15-18)24(29)33/h2-3,5-6,14-15,17,30,32H,4,7-13,16H2,1H3,(H2,29,33)/t17-/m1/s1/i8D2,12D2. The lowest BCUT2D eigenvalue weighted by Crippen LogP contribution is -2.32. The van der Waals surface area contributed by atoms with Crippen LogP contribution in [0.15, 0.2) is 36.4 Å². The second kappa shape index (κ2) is 12.1. The molecule has 1 atom stereocenters. The summed E-state index contributed by atoms with van der Waals surface area (Å²) >= 11 is 0. The average Bonchev–Trinajstić information content (AvgIpc) is 3.23. The van der Waals surface area contributed by atoms with Crippen LogP contribution in [0.3, 0.4) is 0 Å². The lowest BCUT2D eigenvalue weighted by atomic mass is 9.98. The molecule has 0 saturated carbocycles. The highest BCUT2D eigenvalue weighted by Crippen LogP contribution is 2.33. The Balaban J connectivity index is 1.73. The molecule has 35 heavy (non-hydrogen) atoms. The summed E-state index contributed by atoms with van der Waals surface area (Å²) in [5.74, 6) is -1.38. The van der Waals surface area contributed by atoms with E-state index in [1.165, 1.54) is 18.2 Å². The molecule has 7 nitrogen and oxygen atoms in total. The van der Waals surface area contributed by atoms with Crippen LogP contribution in [-0.4, -0.2) is 62.6 Å². The molecule has 2 aromatic rings. The quantitative estimate of drug-likeness (QED) is 0.392. The second-order valence-corrected chi connectivity index (χ2v) is 8.26. The molecule has 1 amide bonds. The number of halogens is 3. The van der Waals surface area contributed by atoms with Crippen LogP contribution in [0.25, 0.3) is 0 Å². The van der Waals surface area contributed by atoms with Crippen molar-refractivity contribution in [1.29, 1.82) is 0 Å². The molecule has 0 fully saturated rings. The lowest BCUT2D eigenvalue weighted by molar-refractivity contribution is -0.153. The van der Waals surface area contributed by atoms with Crippen molar-refractivity contribution >= 4 is 11.6 Å². The van der Waals surface area contributed by atoms with Gasteiger partial charge in [0.1, 0.15) is 6.56 Å². The number of hydrogen-bond acceptors (Lipinski definition) is 6. The summed E-state index contributed by atoms with van der Waals surface area (Å²) in [6, 6.07) is 8.00. The fourth-order valence-corrected chi connectivity index (χ4v) is 3.93. The Hall–Kier alpha value is -2.98. The zero-order chi connectivity index (χ0) is 29.0. The number of alkyl halides is 3. The number of fused-ring (bicyclic) bond motifs is 1. The Morgan fingerprint density at radius 2 is 2.00 bits per heavy atom. The zero-order valence-electron chi connectivity index (χ0n) is 23.3. The molecule has 1 heterocycles. The van der Waals surface area contributed by atoms with Crippen LogP contribution in [0, 0.1) is 0 Å². The van der Waals surface area contributed by atoms with Crippen LogP contribution in [0.2, 0.25) is 0 Å². The van der Waals surface area contributed by atoms with E-state index < -0.39 is 37.8 Å². The smallest absolute Gasteiger partial charge is 0.422 e. The van der Waals surface area contributed by atoms with Crippen molar-refractivity contribution in [2.45, 2.75) is 38.4 Å². The molecule has 0 aliphatic carbocycles. The van der Waals surface area contributed by atoms with Crippen LogP contribution < -0.4 is 25.4 Å². The number of nitrogens with zero attached hydrogens (tertiary/aromatic N) is 1. The van der Waals surface area contributed by atoms with E-state index in [0.717, 1.165) is 17.3 Å². The summed E-state index contributed by atoms with van der Waals surface area (Å²) in [6.07, 6.45) is -3.20. The Bertz CT molecular complexity index is 1170. The first kappa shape index (κ1) is 21.3. The zero-order valence-corrected chi connectivity index (χ0v) is 19.3. The third-order valence-electron chi connectivity index (χ3n) is 5.38. The number of para-hydroxylation sites is 2. The molecule has 0 unspecified atom stereocenters. The SMILES string of the molecule is [2H]C([2H])(N[C@H](C)Cc1cc2c(c(C(N)=O)c1)N(CCCO)CC2)C([2H])([2H])Oc1ccccc1OCC(F)(F)F. The summed E-state index contributed by atoms with van der Waals surface area (Å²) in [5, 5.41) is 11.7. The van der Waals surface area contributed by atoms with E-state index in [1.807, 2.05) is 11.0 Å². The summed E-state index contributed by atoms with van der Waals surface area (Å²) in [7, 11) is 0. The number of anilines is 1. The largest absolute Gasteiger partial charge is 0.488 e. The van der Waals surface area contributed by atoms with Gasteiger partial charge in [-0.2, -0.15) is 13.2 Å². The van der Waals surface area contributed by atoms with Gasteiger partial charge in [-0.1, -0.05) is 18.2 Å². The van der Waals surface area contributed by atoms with Crippen LogP contribution in [0.5, 0.6) is 11.5 Å². The highest BCUT2D eigenvalue weighted by molar-refractivity contribution is 6.00. The van der Waals surface area contributed by atoms with Crippen LogP contribution in [-0.2, 0) is 12.8 Å².